The molecule has 13 nitrogen and oxygen atoms in total. The monoisotopic (exact) mass is 898 g/mol. The number of aromatic amines is 1. The van der Waals surface area contributed by atoms with Gasteiger partial charge in [0.15, 0.2) is 23.1 Å². The minimum Gasteiger partial charge on any atom is -0.436 e. The summed E-state index contributed by atoms with van der Waals surface area (Å²) < 4.78 is 79.8. The molecule has 0 unspecified atom stereocenters. The summed E-state index contributed by atoms with van der Waals surface area (Å²) in [5.74, 6) is 2.18. The van der Waals surface area contributed by atoms with Gasteiger partial charge in [0.1, 0.15) is 40.3 Å². The van der Waals surface area contributed by atoms with E-state index in [-0.39, 0.29) is 52.8 Å². The molecule has 0 amide bonds. The molecule has 0 aliphatic heterocycles. The Balaban J connectivity index is 0.000000225. The second-order valence-electron chi connectivity index (χ2n) is 13.1. The number of nitrogens with one attached hydrogen (secondary N) is 3. The van der Waals surface area contributed by atoms with Crippen LogP contribution in [0.1, 0.15) is 29.8 Å². The Morgan fingerprint density at radius 3 is 1.77 bits per heavy atom. The number of hydrogen-bond acceptors (Lipinski definition) is 12. The van der Waals surface area contributed by atoms with E-state index < -0.39 is 52.6 Å². The van der Waals surface area contributed by atoms with Gasteiger partial charge in [-0.15, -0.1) is 0 Å². The highest BCUT2D eigenvalue weighted by molar-refractivity contribution is 6.35. The van der Waals surface area contributed by atoms with Crippen LogP contribution in [0.2, 0.25) is 10.0 Å². The number of nitrogens with two attached hydrogens (primary N) is 2. The largest absolute Gasteiger partial charge is 0.436 e. The van der Waals surface area contributed by atoms with E-state index in [4.69, 9.17) is 32.7 Å². The van der Waals surface area contributed by atoms with Gasteiger partial charge in [0, 0.05) is 48.5 Å². The zero-order valence-corrected chi connectivity index (χ0v) is 34.1. The number of fused-ring (bicyclic) bond motifs is 1. The fourth-order valence-electron chi connectivity index (χ4n) is 5.55. The fourth-order valence-corrected chi connectivity index (χ4v) is 5.99. The number of aromatic nitrogens is 4. The van der Waals surface area contributed by atoms with Gasteiger partial charge >= 0.3 is 0 Å². The van der Waals surface area contributed by atoms with Crippen molar-refractivity contribution in [3.8, 4) is 34.5 Å². The van der Waals surface area contributed by atoms with E-state index in [1.54, 1.807) is 31.2 Å². The van der Waals surface area contributed by atoms with Crippen molar-refractivity contribution in [2.75, 3.05) is 23.7 Å². The molecule has 0 radical (unpaired) electrons. The molecule has 0 saturated carbocycles. The quantitative estimate of drug-likeness (QED) is 0.0251. The molecule has 4 aromatic carbocycles. The third kappa shape index (κ3) is 11.7. The van der Waals surface area contributed by atoms with Crippen LogP contribution in [0.15, 0.2) is 97.1 Å². The van der Waals surface area contributed by atoms with Crippen LogP contribution >= 0.6 is 23.2 Å². The van der Waals surface area contributed by atoms with E-state index in [9.17, 15) is 37.0 Å². The highest BCUT2D eigenvalue weighted by atomic mass is 35.5. The minimum atomic E-state index is -1.01. The zero-order valence-electron chi connectivity index (χ0n) is 32.6. The molecule has 0 aliphatic rings. The molecule has 20 heteroatoms. The normalized spacial score (nSPS) is 11.7. The van der Waals surface area contributed by atoms with Crippen molar-refractivity contribution < 1.29 is 46.4 Å². The highest BCUT2D eigenvalue weighted by Crippen LogP contribution is 2.38. The lowest BCUT2D eigenvalue weighted by atomic mass is 10.0. The first-order chi connectivity index (χ1) is 29.7. The summed E-state index contributed by atoms with van der Waals surface area (Å²) in [4.78, 5) is 21.3. The van der Waals surface area contributed by atoms with Crippen LogP contribution in [0.3, 0.4) is 0 Å². The van der Waals surface area contributed by atoms with Crippen molar-refractivity contribution in [3.05, 3.63) is 147 Å². The van der Waals surface area contributed by atoms with Crippen molar-refractivity contribution in [1.82, 2.24) is 20.2 Å². The number of nitrogens with zero attached hydrogens (tertiary/aromatic N) is 3. The predicted octanol–water partition coefficient (Wildman–Crippen LogP) is 8.93. The molecule has 0 bridgehead atoms. The zero-order chi connectivity index (χ0) is 45.1. The second-order valence-corrected chi connectivity index (χ2v) is 13.9. The summed E-state index contributed by atoms with van der Waals surface area (Å²) in [6.45, 7) is 3.27. The van der Waals surface area contributed by atoms with Gasteiger partial charge < -0.3 is 30.3 Å². The van der Waals surface area contributed by atoms with Crippen molar-refractivity contribution in [2.45, 2.75) is 26.1 Å². The number of ether oxygens (including phenoxy) is 2. The Morgan fingerprint density at radius 2 is 1.23 bits per heavy atom. The second kappa shape index (κ2) is 21.4. The Hall–Kier alpha value is -6.41. The van der Waals surface area contributed by atoms with Crippen LogP contribution in [-0.4, -0.2) is 61.5 Å². The van der Waals surface area contributed by atoms with Gasteiger partial charge in [-0.25, -0.2) is 22.0 Å². The Labute approximate surface area is 360 Å². The summed E-state index contributed by atoms with van der Waals surface area (Å²) >= 11 is 12.4. The molecule has 0 fully saturated rings. The maximum atomic E-state index is 14.9. The molecule has 62 heavy (non-hydrogen) atoms. The predicted molar refractivity (Wildman–Crippen MR) is 225 cm³/mol. The van der Waals surface area contributed by atoms with E-state index in [0.29, 0.717) is 39.1 Å². The van der Waals surface area contributed by atoms with Gasteiger partial charge in [-0.2, -0.15) is 15.1 Å². The lowest BCUT2D eigenvalue weighted by molar-refractivity contribution is 0.103. The van der Waals surface area contributed by atoms with Crippen molar-refractivity contribution >= 4 is 51.5 Å². The first kappa shape index (κ1) is 46.7. The number of halogens is 7. The molecule has 3 heterocycles. The molecular weight excluding hydrogens is 862 g/mol. The number of benzene rings is 4. The Kier molecular flexibility index (Phi) is 16.1. The molecule has 0 saturated heterocycles. The molecule has 0 spiro atoms. The van der Waals surface area contributed by atoms with Crippen LogP contribution in [0, 0.1) is 29.1 Å². The Morgan fingerprint density at radius 1 is 0.710 bits per heavy atom. The number of carbonyl (C=O) groups excluding carboxylic acids is 1. The number of ketones is 1. The van der Waals surface area contributed by atoms with Crippen molar-refractivity contribution in [2.24, 2.45) is 11.7 Å². The van der Waals surface area contributed by atoms with Crippen LogP contribution in [-0.2, 0) is 0 Å². The molecule has 9 N–H and O–H groups in total. The first-order valence-electron chi connectivity index (χ1n) is 18.2. The number of rotatable bonds is 13. The number of hydrogen-bond donors (Lipinski definition) is 7. The molecule has 7 aromatic rings. The van der Waals surface area contributed by atoms with E-state index in [0.717, 1.165) is 30.3 Å². The van der Waals surface area contributed by atoms with Crippen molar-refractivity contribution in [3.63, 3.8) is 0 Å². The van der Waals surface area contributed by atoms with Gasteiger partial charge in [0.05, 0.1) is 33.2 Å². The van der Waals surface area contributed by atoms with Gasteiger partial charge in [-0.05, 0) is 56.3 Å². The lowest BCUT2D eigenvalue weighted by Gasteiger charge is -2.15. The van der Waals surface area contributed by atoms with Gasteiger partial charge in [0.25, 0.3) is 0 Å². The third-order valence-corrected chi connectivity index (χ3v) is 8.95. The summed E-state index contributed by atoms with van der Waals surface area (Å²) in [7, 11) is 0. The highest BCUT2D eigenvalue weighted by Gasteiger charge is 2.25. The van der Waals surface area contributed by atoms with E-state index >= 15 is 0 Å². The van der Waals surface area contributed by atoms with Crippen LogP contribution in [0.5, 0.6) is 23.3 Å². The summed E-state index contributed by atoms with van der Waals surface area (Å²) in [6.07, 6.45) is -1.48. The number of carbonyl (C=O) groups is 1. The first-order valence-corrected chi connectivity index (χ1v) is 19.0. The van der Waals surface area contributed by atoms with Gasteiger partial charge in [-0.3, -0.25) is 21.6 Å². The molecule has 0 aliphatic carbocycles. The number of aliphatic hydroxyl groups excluding tert-OH is 2. The summed E-state index contributed by atoms with van der Waals surface area (Å²) in [5, 5.41) is 33.5. The van der Waals surface area contributed by atoms with Crippen molar-refractivity contribution in [1.29, 1.82) is 0 Å². The number of H-pyrrole nitrogens is 1. The number of aliphatic hydroxyl groups is 2. The SMILES string of the molecule is C[C@H](O)CNc1nc(Oc2ccc(F)cc2F)cc(F)c1C(=O)c1ccccc1Cl.C[C@H](O)CNc1nc(Oc2ccc(F)cc2F)cc2[nH]nc(-c3ccccc3Cl)c12.NN. The maximum absolute atomic E-state index is 14.9. The molecular formula is C42H37Cl2F5N8O5. The molecule has 324 valence electrons. The smallest absolute Gasteiger partial charge is 0.224 e. The summed E-state index contributed by atoms with van der Waals surface area (Å²) in [6, 6.07) is 21.3. The maximum Gasteiger partial charge on any atom is 0.224 e. The fraction of sp³-hybridized carbons (Fsp3) is 0.143. The third-order valence-electron chi connectivity index (χ3n) is 8.29. The lowest BCUT2D eigenvalue weighted by Crippen LogP contribution is -2.19. The van der Waals surface area contributed by atoms with Crippen LogP contribution in [0.25, 0.3) is 22.2 Å². The molecule has 7 rings (SSSR count). The average Bonchev–Trinajstić information content (AvgIpc) is 3.66. The number of pyridine rings is 2. The molecule has 2 atom stereocenters. The van der Waals surface area contributed by atoms with E-state index in [2.05, 4.69) is 42.5 Å². The summed E-state index contributed by atoms with van der Waals surface area (Å²) in [5.41, 5.74) is 1.46. The Bertz CT molecular complexity index is 2670. The van der Waals surface area contributed by atoms with Gasteiger partial charge in [-0.1, -0.05) is 53.5 Å². The standard InChI is InChI=1S/C21H16ClF3N2O3.C21H17ClF2N4O2.H4N2/c1-11(28)10-26-21-19(20(29)13-4-2-3-5-14(13)22)16(25)9-18(27-21)30-17-7-6-12(23)8-15(17)24;1-11(29)10-25-21-19-16(27-28-20(19)13-4-2-3-5-14(13)22)9-18(26-21)30-17-7-6-12(23)8-15(17)24;1-2/h2-9,11,28H,10H2,1H3,(H,26,27);2-9,11,29H,10H2,1H3,(H,25,26)(H,27,28);1-2H2/t2*11-;/m00./s1. The number of hydrazine groups is 1. The minimum absolute atomic E-state index is 0.0520. The topological polar surface area (TPSA) is 207 Å². The number of anilines is 2. The molecule has 3 aromatic heterocycles. The van der Waals surface area contributed by atoms with E-state index in [1.807, 2.05) is 18.2 Å². The van der Waals surface area contributed by atoms with Gasteiger partial charge in [0.2, 0.25) is 17.5 Å². The van der Waals surface area contributed by atoms with Crippen LogP contribution in [0.4, 0.5) is 33.6 Å². The average molecular weight is 900 g/mol. The van der Waals surface area contributed by atoms with E-state index in [1.165, 1.54) is 25.1 Å². The van der Waals surface area contributed by atoms with Crippen LogP contribution < -0.4 is 31.8 Å².